The van der Waals surface area contributed by atoms with Gasteiger partial charge in [0.15, 0.2) is 4.80 Å². The van der Waals surface area contributed by atoms with Gasteiger partial charge in [-0.1, -0.05) is 34.5 Å². The number of benzene rings is 2. The molecule has 0 aliphatic carbocycles. The first-order valence-corrected chi connectivity index (χ1v) is 15.8. The Morgan fingerprint density at radius 1 is 1.02 bits per heavy atom. The minimum atomic E-state index is -0.768. The molecule has 1 aliphatic rings. The molecule has 2 aromatic heterocycles. The van der Waals surface area contributed by atoms with Gasteiger partial charge in [-0.05, 0) is 88.7 Å². The first kappa shape index (κ1) is 31.6. The van der Waals surface area contributed by atoms with Gasteiger partial charge >= 0.3 is 0 Å². The fourth-order valence-electron chi connectivity index (χ4n) is 5.72. The number of carbonyl (C=O) groups is 1. The molecule has 0 bridgehead atoms. The van der Waals surface area contributed by atoms with Crippen molar-refractivity contribution in [2.45, 2.75) is 40.7 Å². The number of carbonyl (C=O) groups excluding carboxylic acids is 1. The van der Waals surface area contributed by atoms with E-state index in [1.807, 2.05) is 65.0 Å². The number of nitrogens with zero attached hydrogens (tertiary/aromatic N) is 4. The summed E-state index contributed by atoms with van der Waals surface area (Å²) in [6.45, 7) is 10.7. The third-order valence-corrected chi connectivity index (χ3v) is 9.67. The third-order valence-electron chi connectivity index (χ3n) is 7.95. The molecule has 230 valence electrons. The maximum atomic E-state index is 14.3. The summed E-state index contributed by atoms with van der Waals surface area (Å²) in [7, 11) is 3.15. The summed E-state index contributed by atoms with van der Waals surface area (Å²) >= 11 is 13.8. The van der Waals surface area contributed by atoms with E-state index in [-0.39, 0.29) is 11.5 Å². The van der Waals surface area contributed by atoms with Gasteiger partial charge < -0.3 is 18.9 Å². The van der Waals surface area contributed by atoms with E-state index in [4.69, 9.17) is 37.7 Å². The van der Waals surface area contributed by atoms with Crippen LogP contribution < -0.4 is 24.4 Å². The van der Waals surface area contributed by atoms with Crippen molar-refractivity contribution in [1.82, 2.24) is 14.0 Å². The number of aryl methyl sites for hydroxylation is 1. The van der Waals surface area contributed by atoms with Gasteiger partial charge in [-0.15, -0.1) is 0 Å². The molecule has 0 unspecified atom stereocenters. The van der Waals surface area contributed by atoms with Crippen molar-refractivity contribution in [2.75, 3.05) is 27.3 Å². The highest BCUT2D eigenvalue weighted by molar-refractivity contribution is 7.07. The predicted molar refractivity (Wildman–Crippen MR) is 177 cm³/mol. The van der Waals surface area contributed by atoms with E-state index in [2.05, 4.69) is 4.57 Å². The lowest BCUT2D eigenvalue weighted by Crippen LogP contribution is -2.43. The van der Waals surface area contributed by atoms with Crippen LogP contribution in [-0.4, -0.2) is 47.3 Å². The molecule has 1 aliphatic heterocycles. The molecule has 1 atom stereocenters. The van der Waals surface area contributed by atoms with Crippen LogP contribution in [0.2, 0.25) is 10.0 Å². The Labute approximate surface area is 270 Å². The smallest absolute Gasteiger partial charge is 0.271 e. The van der Waals surface area contributed by atoms with E-state index in [0.29, 0.717) is 60.8 Å². The zero-order valence-electron chi connectivity index (χ0n) is 25.7. The lowest BCUT2D eigenvalue weighted by Gasteiger charge is -2.30. The first-order valence-electron chi connectivity index (χ1n) is 14.2. The number of rotatable bonds is 8. The van der Waals surface area contributed by atoms with E-state index in [1.54, 1.807) is 41.9 Å². The lowest BCUT2D eigenvalue weighted by molar-refractivity contribution is -0.127. The molecule has 0 saturated heterocycles. The molecule has 0 fully saturated rings. The largest absolute Gasteiger partial charge is 0.497 e. The number of hydrogen-bond acceptors (Lipinski definition) is 6. The zero-order valence-corrected chi connectivity index (χ0v) is 28.0. The second kappa shape index (κ2) is 12.7. The number of aromatic nitrogens is 2. The summed E-state index contributed by atoms with van der Waals surface area (Å²) in [5, 5.41) is 0.945. The second-order valence-electron chi connectivity index (χ2n) is 10.4. The molecule has 5 rings (SSSR count). The average Bonchev–Trinajstić information content (AvgIpc) is 3.47. The van der Waals surface area contributed by atoms with Gasteiger partial charge in [0, 0.05) is 35.7 Å². The van der Waals surface area contributed by atoms with Gasteiger partial charge in [-0.2, -0.15) is 0 Å². The lowest BCUT2D eigenvalue weighted by atomic mass is 9.93. The van der Waals surface area contributed by atoms with Crippen LogP contribution in [0.3, 0.4) is 0 Å². The molecular formula is C33H34Cl2N4O4S. The standard InChI is InChI=1S/C33H34Cl2N4O4S/c1-8-37(9-2)32(41)29-19(4)36-33-39(30(29)24-17-23(42-6)11-13-27(24)43-7)31(40)28(44-33)15-21-14-18(3)38(20(21)5)22-10-12-25(34)26(35)16-22/h10-17,30H,8-9H2,1-7H3/b28-15+/t30-/m1/s1. The number of thiazole rings is 1. The SMILES string of the molecule is CCN(CC)C(=O)C1=C(C)N=c2s/c(=C/c3cc(C)n(-c4ccc(Cl)c(Cl)c4)c3C)c(=O)n2[C@@H]1c1cc(OC)ccc1OC. The van der Waals surface area contributed by atoms with Gasteiger partial charge in [0.05, 0.1) is 40.1 Å². The molecule has 4 aromatic rings. The van der Waals surface area contributed by atoms with Crippen LogP contribution in [0.1, 0.15) is 49.3 Å². The molecule has 0 spiro atoms. The number of fused-ring (bicyclic) bond motifs is 1. The topological polar surface area (TPSA) is 78.1 Å². The summed E-state index contributed by atoms with van der Waals surface area (Å²) in [5.41, 5.74) is 5.04. The van der Waals surface area contributed by atoms with Crippen LogP contribution in [-0.2, 0) is 4.79 Å². The summed E-state index contributed by atoms with van der Waals surface area (Å²) in [4.78, 5) is 35.3. The summed E-state index contributed by atoms with van der Waals surface area (Å²) in [6.07, 6.45) is 1.88. The van der Waals surface area contributed by atoms with Crippen LogP contribution in [0.4, 0.5) is 0 Å². The number of hydrogen-bond donors (Lipinski definition) is 0. The number of halogens is 2. The van der Waals surface area contributed by atoms with Gasteiger partial charge in [-0.25, -0.2) is 4.99 Å². The third kappa shape index (κ3) is 5.49. The van der Waals surface area contributed by atoms with Crippen molar-refractivity contribution in [1.29, 1.82) is 0 Å². The normalized spacial score (nSPS) is 14.8. The van der Waals surface area contributed by atoms with Gasteiger partial charge in [0.25, 0.3) is 11.5 Å². The van der Waals surface area contributed by atoms with Crippen molar-refractivity contribution in [3.8, 4) is 17.2 Å². The molecular weight excluding hydrogens is 619 g/mol. The summed E-state index contributed by atoms with van der Waals surface area (Å²) in [6, 6.07) is 12.1. The molecule has 0 N–H and O–H groups in total. The monoisotopic (exact) mass is 652 g/mol. The van der Waals surface area contributed by atoms with E-state index >= 15 is 0 Å². The fraction of sp³-hybridized carbons (Fsp3) is 0.303. The molecule has 2 aromatic carbocycles. The molecule has 0 saturated carbocycles. The summed E-state index contributed by atoms with van der Waals surface area (Å²) in [5.74, 6) is 0.947. The van der Waals surface area contributed by atoms with E-state index < -0.39 is 6.04 Å². The van der Waals surface area contributed by atoms with Crippen molar-refractivity contribution >= 4 is 46.5 Å². The van der Waals surface area contributed by atoms with E-state index in [1.165, 1.54) is 11.3 Å². The van der Waals surface area contributed by atoms with Crippen molar-refractivity contribution in [3.05, 3.63) is 106 Å². The Balaban J connectivity index is 1.74. The van der Waals surface area contributed by atoms with Crippen LogP contribution in [0.15, 0.2) is 63.5 Å². The van der Waals surface area contributed by atoms with E-state index in [0.717, 1.165) is 22.6 Å². The van der Waals surface area contributed by atoms with Gasteiger partial charge in [0.2, 0.25) is 0 Å². The van der Waals surface area contributed by atoms with Gasteiger partial charge in [-0.3, -0.25) is 14.2 Å². The number of methoxy groups -OCH3 is 2. The highest BCUT2D eigenvalue weighted by atomic mass is 35.5. The van der Waals surface area contributed by atoms with Crippen LogP contribution in [0, 0.1) is 13.8 Å². The molecule has 8 nitrogen and oxygen atoms in total. The molecule has 11 heteroatoms. The molecule has 1 amide bonds. The number of likely N-dealkylation sites (N-methyl/N-ethyl adjacent to an activating group) is 1. The maximum Gasteiger partial charge on any atom is 0.271 e. The quantitative estimate of drug-likeness (QED) is 0.240. The van der Waals surface area contributed by atoms with Crippen LogP contribution in [0.5, 0.6) is 11.5 Å². The molecule has 44 heavy (non-hydrogen) atoms. The highest BCUT2D eigenvalue weighted by Gasteiger charge is 2.36. The number of ether oxygens (including phenoxy) is 2. The number of allylic oxidation sites excluding steroid dienone is 1. The Morgan fingerprint density at radius 2 is 1.75 bits per heavy atom. The molecule has 0 radical (unpaired) electrons. The van der Waals surface area contributed by atoms with E-state index in [9.17, 15) is 9.59 Å². The fourth-order valence-corrected chi connectivity index (χ4v) is 7.05. The van der Waals surface area contributed by atoms with Crippen molar-refractivity contribution in [2.24, 2.45) is 4.99 Å². The Bertz CT molecular complexity index is 1990. The Kier molecular flexibility index (Phi) is 9.11. The van der Waals surface area contributed by atoms with Crippen LogP contribution in [0.25, 0.3) is 11.8 Å². The molecule has 3 heterocycles. The summed E-state index contributed by atoms with van der Waals surface area (Å²) < 4.78 is 15.5. The predicted octanol–water partition coefficient (Wildman–Crippen LogP) is 5.84. The van der Waals surface area contributed by atoms with Crippen LogP contribution >= 0.6 is 34.5 Å². The maximum absolute atomic E-state index is 14.3. The highest BCUT2D eigenvalue weighted by Crippen LogP contribution is 2.38. The average molecular weight is 654 g/mol. The minimum Gasteiger partial charge on any atom is -0.497 e. The number of amides is 1. The Hall–Kier alpha value is -3.79. The minimum absolute atomic E-state index is 0.175. The van der Waals surface area contributed by atoms with Crippen molar-refractivity contribution < 1.29 is 14.3 Å². The van der Waals surface area contributed by atoms with Crippen molar-refractivity contribution in [3.63, 3.8) is 0 Å². The first-order chi connectivity index (χ1) is 21.0. The second-order valence-corrected chi connectivity index (χ2v) is 12.3. The zero-order chi connectivity index (χ0) is 31.9. The van der Waals surface area contributed by atoms with Gasteiger partial charge in [0.1, 0.15) is 17.5 Å². The Morgan fingerprint density at radius 3 is 2.39 bits per heavy atom.